The van der Waals surface area contributed by atoms with Crippen LogP contribution in [0.25, 0.3) is 0 Å². The van der Waals surface area contributed by atoms with Crippen molar-refractivity contribution >= 4 is 28.8 Å². The number of anilines is 1. The van der Waals surface area contributed by atoms with Crippen LogP contribution < -0.4 is 15.1 Å². The van der Waals surface area contributed by atoms with Gasteiger partial charge in [0.05, 0.1) is 18.0 Å². The third-order valence-corrected chi connectivity index (χ3v) is 7.97. The number of nitrogens with one attached hydrogen (secondary N) is 1. The van der Waals surface area contributed by atoms with E-state index in [9.17, 15) is 18.9 Å². The van der Waals surface area contributed by atoms with E-state index in [1.54, 1.807) is 11.1 Å². The van der Waals surface area contributed by atoms with Crippen LogP contribution in [-0.2, 0) is 21.9 Å². The fourth-order valence-corrected chi connectivity index (χ4v) is 5.84. The molecule has 0 spiro atoms. The molecule has 186 valence electrons. The minimum atomic E-state index is -1.30. The Morgan fingerprint density at radius 1 is 1.14 bits per heavy atom. The molecule has 2 aromatic carbocycles. The molecule has 0 bridgehead atoms. The number of hydrogen-bond donors (Lipinski definition) is 2. The lowest BCUT2D eigenvalue weighted by Crippen LogP contribution is -2.32. The predicted octanol–water partition coefficient (Wildman–Crippen LogP) is 3.29. The summed E-state index contributed by atoms with van der Waals surface area (Å²) in [4.78, 5) is 25.1. The zero-order chi connectivity index (χ0) is 24.4. The van der Waals surface area contributed by atoms with E-state index in [1.807, 2.05) is 36.4 Å². The third-order valence-electron chi connectivity index (χ3n) is 7.00. The minimum Gasteiger partial charge on any atom is -0.493 e. The van der Waals surface area contributed by atoms with Gasteiger partial charge in [-0.2, -0.15) is 4.28 Å². The number of rotatable bonds is 5. The zero-order valence-corrected chi connectivity index (χ0v) is 20.2. The molecule has 9 nitrogen and oxygen atoms in total. The van der Waals surface area contributed by atoms with Gasteiger partial charge in [-0.1, -0.05) is 18.2 Å². The van der Waals surface area contributed by atoms with E-state index in [2.05, 4.69) is 5.32 Å². The highest BCUT2D eigenvalue weighted by molar-refractivity contribution is 7.80. The minimum absolute atomic E-state index is 0.0866. The second-order valence-corrected chi connectivity index (χ2v) is 10.3. The largest absolute Gasteiger partial charge is 0.493 e. The number of nitrogens with zero attached hydrogens (tertiary/aromatic N) is 2. The van der Waals surface area contributed by atoms with Gasteiger partial charge in [-0.05, 0) is 60.6 Å². The quantitative estimate of drug-likeness (QED) is 0.650. The molecule has 0 radical (unpaired) electrons. The third kappa shape index (κ3) is 5.28. The molecule has 35 heavy (non-hydrogen) atoms. The highest BCUT2D eigenvalue weighted by Gasteiger charge is 2.30. The number of amides is 2. The molecule has 5 rings (SSSR count). The Hall–Kier alpha value is -3.11. The van der Waals surface area contributed by atoms with E-state index in [1.165, 1.54) is 4.90 Å². The van der Waals surface area contributed by atoms with Gasteiger partial charge in [-0.3, -0.25) is 4.79 Å². The van der Waals surface area contributed by atoms with Crippen LogP contribution in [0.15, 0.2) is 42.5 Å². The summed E-state index contributed by atoms with van der Waals surface area (Å²) in [5.41, 5.74) is 3.58. The van der Waals surface area contributed by atoms with Crippen molar-refractivity contribution in [3.05, 3.63) is 59.2 Å². The molecule has 3 aliphatic heterocycles. The first-order chi connectivity index (χ1) is 17.0. The molecule has 2 saturated heterocycles. The van der Waals surface area contributed by atoms with Crippen LogP contribution in [0.5, 0.6) is 5.75 Å². The number of carboxylic acid groups (broad SMARTS) is 1. The molecule has 1 unspecified atom stereocenters. The van der Waals surface area contributed by atoms with Crippen LogP contribution in [0.3, 0.4) is 0 Å². The lowest BCUT2D eigenvalue weighted by atomic mass is 9.83. The predicted molar refractivity (Wildman–Crippen MR) is 131 cm³/mol. The number of ether oxygens (including phenoxy) is 1. The molecule has 0 aliphatic carbocycles. The Kier molecular flexibility index (Phi) is 6.92. The normalized spacial score (nSPS) is 24.5. The highest BCUT2D eigenvalue weighted by atomic mass is 32.2. The van der Waals surface area contributed by atoms with Crippen molar-refractivity contribution in [1.82, 2.24) is 10.2 Å². The van der Waals surface area contributed by atoms with Crippen LogP contribution in [0, 0.1) is 5.92 Å². The van der Waals surface area contributed by atoms with Crippen molar-refractivity contribution < 1.29 is 27.9 Å². The lowest BCUT2D eigenvalue weighted by Gasteiger charge is -2.28. The van der Waals surface area contributed by atoms with Crippen molar-refractivity contribution in [3.63, 3.8) is 0 Å². The fraction of sp³-hybridized carbons (Fsp3) is 0.440. The molecular weight excluding hydrogens is 470 g/mol. The van der Waals surface area contributed by atoms with E-state index < -0.39 is 17.2 Å². The Bertz CT molecular complexity index is 1120. The van der Waals surface area contributed by atoms with Crippen LogP contribution in [0.1, 0.15) is 46.7 Å². The molecular formula is C25H29N3O6S. The van der Waals surface area contributed by atoms with E-state index in [0.717, 1.165) is 23.2 Å². The molecule has 2 fully saturated rings. The number of carbonyl (C=O) groups excluding carboxylic acids is 1. The maximum absolute atomic E-state index is 12.0. The first-order valence-electron chi connectivity index (χ1n) is 11.9. The molecule has 0 aromatic heterocycles. The summed E-state index contributed by atoms with van der Waals surface area (Å²) < 4.78 is 23.4. The summed E-state index contributed by atoms with van der Waals surface area (Å²) >= 11 is -1.30. The van der Waals surface area contributed by atoms with Crippen LogP contribution in [0.2, 0.25) is 0 Å². The van der Waals surface area contributed by atoms with E-state index in [-0.39, 0.29) is 17.7 Å². The summed E-state index contributed by atoms with van der Waals surface area (Å²) in [6.45, 7) is 2.58. The average molecular weight is 500 g/mol. The number of fused-ring (bicyclic) bond motifs is 1. The lowest BCUT2D eigenvalue weighted by molar-refractivity contribution is 0.0965. The number of hydroxylamine groups is 1. The standard InChI is InChI=1S/C25H29N3O6S/c29-24-23-14-21(7-4-18(23)15-26-24)33-16-19-8-11-27(25(30)31)12-9-22(19)17-2-5-20(6-3-17)28-10-1-13-35(32)34-28/h2-7,14,19,22H,1,8-13,15-16H2,(H,26,29)(H,30,31)/t19-,22-,35?/m1/s1. The maximum Gasteiger partial charge on any atom is 0.407 e. The molecule has 2 N–H and O–H groups in total. The van der Waals surface area contributed by atoms with E-state index >= 15 is 0 Å². The molecule has 0 saturated carbocycles. The smallest absolute Gasteiger partial charge is 0.407 e. The number of likely N-dealkylation sites (tertiary alicyclic amines) is 1. The Morgan fingerprint density at radius 3 is 2.71 bits per heavy atom. The summed E-state index contributed by atoms with van der Waals surface area (Å²) in [6.07, 6.45) is 1.28. The SMILES string of the molecule is O=C1NCc2ccc(OC[C@H]3CCN(C(=O)O)CC[C@@H]3c3ccc(N4CCCS(=O)O4)cc3)cc21. The Morgan fingerprint density at radius 2 is 1.94 bits per heavy atom. The average Bonchev–Trinajstić information content (AvgIpc) is 3.09. The Balaban J connectivity index is 1.32. The van der Waals surface area contributed by atoms with Gasteiger partial charge in [-0.25, -0.2) is 14.1 Å². The molecule has 2 aromatic rings. The molecule has 2 amide bonds. The van der Waals surface area contributed by atoms with Gasteiger partial charge in [0, 0.05) is 37.7 Å². The first-order valence-corrected chi connectivity index (χ1v) is 13.2. The van der Waals surface area contributed by atoms with Crippen LogP contribution in [-0.4, -0.2) is 58.2 Å². The van der Waals surface area contributed by atoms with Gasteiger partial charge in [0.1, 0.15) is 5.75 Å². The first kappa shape index (κ1) is 23.6. The zero-order valence-electron chi connectivity index (χ0n) is 19.4. The molecule has 3 aliphatic rings. The summed E-state index contributed by atoms with van der Waals surface area (Å²) in [7, 11) is 0. The van der Waals surface area contributed by atoms with Gasteiger partial charge in [-0.15, -0.1) is 0 Å². The van der Waals surface area contributed by atoms with Gasteiger partial charge in [0.25, 0.3) is 5.91 Å². The van der Waals surface area contributed by atoms with Gasteiger partial charge in [0.2, 0.25) is 0 Å². The fourth-order valence-electron chi connectivity index (χ4n) is 5.04. The number of benzene rings is 2. The van der Waals surface area contributed by atoms with Gasteiger partial charge < -0.3 is 20.1 Å². The Labute approximate surface area is 206 Å². The molecule has 3 heterocycles. The van der Waals surface area contributed by atoms with Crippen LogP contribution >= 0.6 is 0 Å². The van der Waals surface area contributed by atoms with Crippen molar-refractivity contribution in [1.29, 1.82) is 0 Å². The van der Waals surface area contributed by atoms with Gasteiger partial charge in [0.15, 0.2) is 11.1 Å². The maximum atomic E-state index is 12.0. The monoisotopic (exact) mass is 499 g/mol. The number of hydrogen-bond acceptors (Lipinski definition) is 6. The van der Waals surface area contributed by atoms with E-state index in [0.29, 0.717) is 62.7 Å². The topological polar surface area (TPSA) is 108 Å². The summed E-state index contributed by atoms with van der Waals surface area (Å²) in [5, 5.41) is 14.0. The second-order valence-electron chi connectivity index (χ2n) is 9.16. The van der Waals surface area contributed by atoms with Crippen molar-refractivity contribution in [2.45, 2.75) is 31.7 Å². The number of carbonyl (C=O) groups is 2. The van der Waals surface area contributed by atoms with Gasteiger partial charge >= 0.3 is 6.09 Å². The molecule has 3 atom stereocenters. The van der Waals surface area contributed by atoms with Crippen molar-refractivity contribution in [2.75, 3.05) is 37.1 Å². The molecule has 10 heteroatoms. The van der Waals surface area contributed by atoms with E-state index in [4.69, 9.17) is 9.02 Å². The highest BCUT2D eigenvalue weighted by Crippen LogP contribution is 2.35. The second kappa shape index (κ2) is 10.2. The van der Waals surface area contributed by atoms with Crippen molar-refractivity contribution in [3.8, 4) is 5.75 Å². The van der Waals surface area contributed by atoms with Crippen LogP contribution in [0.4, 0.5) is 10.5 Å². The van der Waals surface area contributed by atoms with Crippen molar-refractivity contribution in [2.24, 2.45) is 5.92 Å². The summed E-state index contributed by atoms with van der Waals surface area (Å²) in [6, 6.07) is 13.6. The summed E-state index contributed by atoms with van der Waals surface area (Å²) in [5.74, 6) is 1.32.